The topological polar surface area (TPSA) is 146 Å². The van der Waals surface area contributed by atoms with Crippen molar-refractivity contribution in [3.8, 4) is 0 Å². The maximum Gasteiger partial charge on any atom is 0.243 e. The average Bonchev–Trinajstić information content (AvgIpc) is 3.29. The van der Waals surface area contributed by atoms with E-state index in [-0.39, 0.29) is 25.3 Å². The number of rotatable bonds is 10. The average molecular weight is 500 g/mol. The van der Waals surface area contributed by atoms with Crippen molar-refractivity contribution in [2.24, 2.45) is 5.73 Å². The van der Waals surface area contributed by atoms with Crippen molar-refractivity contribution in [1.82, 2.24) is 20.9 Å². The van der Waals surface area contributed by atoms with E-state index >= 15 is 0 Å². The van der Waals surface area contributed by atoms with Crippen molar-refractivity contribution >= 4 is 45.3 Å². The third kappa shape index (κ3) is 6.52. The molecule has 9 heteroatoms. The van der Waals surface area contributed by atoms with Gasteiger partial charge in [-0.25, -0.2) is 0 Å². The van der Waals surface area contributed by atoms with Gasteiger partial charge in [0, 0.05) is 36.9 Å². The first-order valence-corrected chi connectivity index (χ1v) is 12.0. The highest BCUT2D eigenvalue weighted by atomic mass is 16.2. The minimum Gasteiger partial charge on any atom is -0.368 e. The van der Waals surface area contributed by atoms with Crippen LogP contribution in [-0.2, 0) is 32.0 Å². The Bertz CT molecular complexity index is 1460. The number of carbonyl (C=O) groups excluding carboxylic acids is 4. The maximum absolute atomic E-state index is 12.9. The first-order valence-electron chi connectivity index (χ1n) is 12.0. The lowest BCUT2D eigenvalue weighted by atomic mass is 10.0. The van der Waals surface area contributed by atoms with E-state index in [2.05, 4.69) is 20.9 Å². The fourth-order valence-corrected chi connectivity index (χ4v) is 4.34. The standard InChI is InChI=1S/C28H29N5O4/c1-17(34)32-25(13-18-10-11-19-6-2-3-7-20(19)12-18)28(37)31-16-26(35)33-24(27(29)36)14-21-15-30-23-9-5-4-8-22(21)23/h2-12,15,24-25,30H,13-14,16H2,1H3,(H2,29,36)(H,31,37)(H,32,34)(H,33,35)/t24-,25-/m0/s1. The Labute approximate surface area is 213 Å². The van der Waals surface area contributed by atoms with Crippen LogP contribution in [0.25, 0.3) is 21.7 Å². The number of hydrogen-bond acceptors (Lipinski definition) is 4. The molecule has 0 unspecified atom stereocenters. The van der Waals surface area contributed by atoms with Gasteiger partial charge < -0.3 is 26.7 Å². The predicted octanol–water partition coefficient (Wildman–Crippen LogP) is 1.70. The highest BCUT2D eigenvalue weighted by Gasteiger charge is 2.23. The quantitative estimate of drug-likeness (QED) is 0.226. The molecule has 0 aliphatic carbocycles. The molecule has 0 saturated carbocycles. The fraction of sp³-hybridized carbons (Fsp3) is 0.214. The summed E-state index contributed by atoms with van der Waals surface area (Å²) >= 11 is 0. The number of primary amides is 1. The molecule has 4 rings (SSSR count). The number of nitrogens with two attached hydrogens (primary N) is 1. The molecule has 1 aromatic heterocycles. The van der Waals surface area contributed by atoms with E-state index in [0.29, 0.717) is 0 Å². The van der Waals surface area contributed by atoms with Crippen LogP contribution in [0.5, 0.6) is 0 Å². The smallest absolute Gasteiger partial charge is 0.243 e. The van der Waals surface area contributed by atoms with Gasteiger partial charge in [-0.15, -0.1) is 0 Å². The van der Waals surface area contributed by atoms with Crippen LogP contribution < -0.4 is 21.7 Å². The molecule has 0 radical (unpaired) electrons. The summed E-state index contributed by atoms with van der Waals surface area (Å²) in [5.74, 6) is -2.12. The summed E-state index contributed by atoms with van der Waals surface area (Å²) < 4.78 is 0. The van der Waals surface area contributed by atoms with Crippen LogP contribution in [0.15, 0.2) is 72.9 Å². The molecule has 4 amide bonds. The first kappa shape index (κ1) is 25.4. The van der Waals surface area contributed by atoms with Gasteiger partial charge >= 0.3 is 0 Å². The van der Waals surface area contributed by atoms with Crippen LogP contribution in [-0.4, -0.2) is 47.2 Å². The van der Waals surface area contributed by atoms with Crippen LogP contribution in [0.4, 0.5) is 0 Å². The van der Waals surface area contributed by atoms with Gasteiger partial charge in [-0.1, -0.05) is 60.7 Å². The monoisotopic (exact) mass is 499 g/mol. The maximum atomic E-state index is 12.9. The van der Waals surface area contributed by atoms with Crippen molar-refractivity contribution in [2.45, 2.75) is 31.8 Å². The second-order valence-electron chi connectivity index (χ2n) is 8.94. The molecule has 3 aromatic carbocycles. The lowest BCUT2D eigenvalue weighted by Gasteiger charge is -2.19. The van der Waals surface area contributed by atoms with Crippen molar-refractivity contribution < 1.29 is 19.2 Å². The molecule has 0 fully saturated rings. The molecule has 37 heavy (non-hydrogen) atoms. The van der Waals surface area contributed by atoms with Crippen LogP contribution in [0.2, 0.25) is 0 Å². The number of amides is 4. The number of aromatic amines is 1. The fourth-order valence-electron chi connectivity index (χ4n) is 4.34. The molecule has 6 N–H and O–H groups in total. The number of H-pyrrole nitrogens is 1. The largest absolute Gasteiger partial charge is 0.368 e. The van der Waals surface area contributed by atoms with Gasteiger partial charge in [0.15, 0.2) is 0 Å². The van der Waals surface area contributed by atoms with Crippen LogP contribution in [0, 0.1) is 0 Å². The zero-order chi connectivity index (χ0) is 26.4. The summed E-state index contributed by atoms with van der Waals surface area (Å²) in [7, 11) is 0. The Morgan fingerprint density at radius 2 is 1.59 bits per heavy atom. The van der Waals surface area contributed by atoms with E-state index in [4.69, 9.17) is 5.73 Å². The second-order valence-corrected chi connectivity index (χ2v) is 8.94. The highest BCUT2D eigenvalue weighted by molar-refractivity contribution is 5.93. The van der Waals surface area contributed by atoms with Crippen LogP contribution in [0.3, 0.4) is 0 Å². The molecule has 190 valence electrons. The number of benzene rings is 3. The lowest BCUT2D eigenvalue weighted by Crippen LogP contribution is -2.52. The van der Waals surface area contributed by atoms with Crippen molar-refractivity contribution in [3.05, 3.63) is 84.1 Å². The summed E-state index contributed by atoms with van der Waals surface area (Å²) in [6.45, 7) is 0.958. The van der Waals surface area contributed by atoms with Gasteiger partial charge in [-0.2, -0.15) is 0 Å². The highest BCUT2D eigenvalue weighted by Crippen LogP contribution is 2.19. The zero-order valence-corrected chi connectivity index (χ0v) is 20.4. The molecular formula is C28H29N5O4. The van der Waals surface area contributed by atoms with Gasteiger partial charge in [0.05, 0.1) is 6.54 Å². The number of hydrogen-bond donors (Lipinski definition) is 5. The molecule has 0 spiro atoms. The van der Waals surface area contributed by atoms with E-state index in [1.807, 2.05) is 66.7 Å². The molecule has 0 aliphatic heterocycles. The van der Waals surface area contributed by atoms with Gasteiger partial charge in [0.1, 0.15) is 12.1 Å². The lowest BCUT2D eigenvalue weighted by molar-refractivity contribution is -0.130. The van der Waals surface area contributed by atoms with Crippen molar-refractivity contribution in [2.75, 3.05) is 6.54 Å². The normalized spacial score (nSPS) is 12.6. The third-order valence-electron chi connectivity index (χ3n) is 6.15. The van der Waals surface area contributed by atoms with Gasteiger partial charge in [-0.05, 0) is 28.0 Å². The molecule has 0 bridgehead atoms. The number of carbonyl (C=O) groups is 4. The van der Waals surface area contributed by atoms with Crippen LogP contribution >= 0.6 is 0 Å². The number of nitrogens with one attached hydrogen (secondary N) is 4. The summed E-state index contributed by atoms with van der Waals surface area (Å²) in [5.41, 5.74) is 8.15. The molecule has 0 saturated heterocycles. The Balaban J connectivity index is 1.37. The minimum absolute atomic E-state index is 0.204. The van der Waals surface area contributed by atoms with E-state index in [1.54, 1.807) is 6.20 Å². The Kier molecular flexibility index (Phi) is 7.83. The number of fused-ring (bicyclic) bond motifs is 2. The molecule has 4 aromatic rings. The SMILES string of the molecule is CC(=O)N[C@@H](Cc1ccc2ccccc2c1)C(=O)NCC(=O)N[C@@H](Cc1c[nH]c2ccccc12)C(N)=O. The number of aromatic nitrogens is 1. The van der Waals surface area contributed by atoms with Gasteiger partial charge in [0.2, 0.25) is 23.6 Å². The molecular weight excluding hydrogens is 470 g/mol. The van der Waals surface area contributed by atoms with Crippen LogP contribution in [0.1, 0.15) is 18.1 Å². The Morgan fingerprint density at radius 3 is 2.35 bits per heavy atom. The van der Waals surface area contributed by atoms with Crippen molar-refractivity contribution in [3.63, 3.8) is 0 Å². The van der Waals surface area contributed by atoms with Crippen molar-refractivity contribution in [1.29, 1.82) is 0 Å². The minimum atomic E-state index is -0.952. The first-order chi connectivity index (χ1) is 17.8. The second kappa shape index (κ2) is 11.4. The Hall–Kier alpha value is -4.66. The predicted molar refractivity (Wildman–Crippen MR) is 141 cm³/mol. The van der Waals surface area contributed by atoms with E-state index in [0.717, 1.165) is 32.8 Å². The number of para-hydroxylation sites is 1. The summed E-state index contributed by atoms with van der Waals surface area (Å²) in [5, 5.41) is 10.8. The summed E-state index contributed by atoms with van der Waals surface area (Å²) in [4.78, 5) is 52.3. The van der Waals surface area contributed by atoms with E-state index in [1.165, 1.54) is 6.92 Å². The van der Waals surface area contributed by atoms with E-state index < -0.39 is 29.8 Å². The van der Waals surface area contributed by atoms with Gasteiger partial charge in [-0.3, -0.25) is 19.2 Å². The Morgan fingerprint density at radius 1 is 0.865 bits per heavy atom. The van der Waals surface area contributed by atoms with Gasteiger partial charge in [0.25, 0.3) is 0 Å². The summed E-state index contributed by atoms with van der Waals surface area (Å²) in [6, 6.07) is 19.5. The third-order valence-corrected chi connectivity index (χ3v) is 6.15. The molecule has 2 atom stereocenters. The van der Waals surface area contributed by atoms with E-state index in [9.17, 15) is 19.2 Å². The summed E-state index contributed by atoms with van der Waals surface area (Å²) in [6.07, 6.45) is 2.23. The molecule has 1 heterocycles. The zero-order valence-electron chi connectivity index (χ0n) is 20.4. The molecule has 0 aliphatic rings. The molecule has 9 nitrogen and oxygen atoms in total.